The summed E-state index contributed by atoms with van der Waals surface area (Å²) in [5.41, 5.74) is 2.18. The van der Waals surface area contributed by atoms with E-state index in [0.717, 1.165) is 33.1 Å². The average Bonchev–Trinajstić information content (AvgIpc) is 2.90. The van der Waals surface area contributed by atoms with Gasteiger partial charge in [-0.1, -0.05) is 25.1 Å². The van der Waals surface area contributed by atoms with E-state index in [4.69, 9.17) is 4.74 Å². The minimum atomic E-state index is 0.831. The van der Waals surface area contributed by atoms with E-state index in [2.05, 4.69) is 40.0 Å². The number of aromatic nitrogens is 1. The van der Waals surface area contributed by atoms with Crippen molar-refractivity contribution in [3.63, 3.8) is 0 Å². The average molecular weight is 360 g/mol. The minimum absolute atomic E-state index is 0.831. The molecule has 106 valence electrons. The summed E-state index contributed by atoms with van der Waals surface area (Å²) in [5, 5.41) is 0. The first-order chi connectivity index (χ1) is 10.3. The molecule has 3 aromatic rings. The van der Waals surface area contributed by atoms with Crippen molar-refractivity contribution in [2.45, 2.75) is 13.3 Å². The first kappa shape index (κ1) is 14.3. The van der Waals surface area contributed by atoms with Crippen LogP contribution in [0.1, 0.15) is 11.8 Å². The molecule has 1 aromatic heterocycles. The van der Waals surface area contributed by atoms with E-state index in [1.165, 1.54) is 4.88 Å². The molecule has 0 spiro atoms. The maximum Gasteiger partial charge on any atom is 0.160 e. The van der Waals surface area contributed by atoms with Crippen LogP contribution in [0, 0.1) is 0 Å². The van der Waals surface area contributed by atoms with Crippen LogP contribution >= 0.6 is 27.3 Å². The number of hydrogen-bond acceptors (Lipinski definition) is 3. The van der Waals surface area contributed by atoms with Crippen molar-refractivity contribution in [3.05, 3.63) is 63.4 Å². The predicted octanol–water partition coefficient (Wildman–Crippen LogP) is 5.93. The van der Waals surface area contributed by atoms with Gasteiger partial charge >= 0.3 is 0 Å². The molecule has 0 N–H and O–H groups in total. The van der Waals surface area contributed by atoms with Gasteiger partial charge in [0.25, 0.3) is 0 Å². The van der Waals surface area contributed by atoms with Crippen molar-refractivity contribution in [3.8, 4) is 22.8 Å². The molecule has 0 saturated carbocycles. The van der Waals surface area contributed by atoms with E-state index in [1.807, 2.05) is 42.5 Å². The lowest BCUT2D eigenvalue weighted by atomic mass is 10.1. The molecule has 21 heavy (non-hydrogen) atoms. The highest BCUT2D eigenvalue weighted by molar-refractivity contribution is 9.11. The summed E-state index contributed by atoms with van der Waals surface area (Å²) in [7, 11) is 0. The van der Waals surface area contributed by atoms with Crippen LogP contribution in [0.2, 0.25) is 0 Å². The van der Waals surface area contributed by atoms with Gasteiger partial charge in [0.2, 0.25) is 0 Å². The van der Waals surface area contributed by atoms with Crippen molar-refractivity contribution in [2.24, 2.45) is 0 Å². The fraction of sp³-hybridized carbons (Fsp3) is 0.118. The molecule has 1 heterocycles. The number of nitrogens with zero attached hydrogens (tertiary/aromatic N) is 1. The topological polar surface area (TPSA) is 22.1 Å². The highest BCUT2D eigenvalue weighted by atomic mass is 79.9. The first-order valence-electron chi connectivity index (χ1n) is 6.75. The Bertz CT molecular complexity index is 722. The second-order valence-corrected chi connectivity index (χ2v) is 6.89. The number of halogens is 1. The van der Waals surface area contributed by atoms with Crippen LogP contribution < -0.4 is 4.74 Å². The quantitative estimate of drug-likeness (QED) is 0.576. The zero-order valence-electron chi connectivity index (χ0n) is 11.5. The highest BCUT2D eigenvalue weighted by Gasteiger charge is 2.10. The fourth-order valence-electron chi connectivity index (χ4n) is 2.09. The SMILES string of the molecule is CCc1sc(Br)nc1-c1ccc(Oc2ccccc2)cc1. The van der Waals surface area contributed by atoms with E-state index in [9.17, 15) is 0 Å². The van der Waals surface area contributed by atoms with Crippen molar-refractivity contribution >= 4 is 27.3 Å². The molecule has 0 fully saturated rings. The highest BCUT2D eigenvalue weighted by Crippen LogP contribution is 2.32. The zero-order valence-corrected chi connectivity index (χ0v) is 13.9. The summed E-state index contributed by atoms with van der Waals surface area (Å²) >= 11 is 5.15. The number of hydrogen-bond donors (Lipinski definition) is 0. The summed E-state index contributed by atoms with van der Waals surface area (Å²) in [6.07, 6.45) is 0.987. The first-order valence-corrected chi connectivity index (χ1v) is 8.35. The Morgan fingerprint density at radius 1 is 1.00 bits per heavy atom. The molecule has 0 unspecified atom stereocenters. The van der Waals surface area contributed by atoms with E-state index in [-0.39, 0.29) is 0 Å². The van der Waals surface area contributed by atoms with E-state index in [1.54, 1.807) is 11.3 Å². The molecule has 0 aliphatic rings. The summed E-state index contributed by atoms with van der Waals surface area (Å²) in [6, 6.07) is 17.9. The lowest BCUT2D eigenvalue weighted by Gasteiger charge is -2.06. The van der Waals surface area contributed by atoms with Gasteiger partial charge in [-0.25, -0.2) is 4.98 Å². The summed E-state index contributed by atoms with van der Waals surface area (Å²) < 4.78 is 6.73. The van der Waals surface area contributed by atoms with Crippen molar-refractivity contribution in [1.82, 2.24) is 4.98 Å². The fourth-order valence-corrected chi connectivity index (χ4v) is 3.60. The second kappa shape index (κ2) is 6.41. The van der Waals surface area contributed by atoms with Gasteiger partial charge in [0, 0.05) is 10.4 Å². The molecule has 4 heteroatoms. The molecule has 0 bridgehead atoms. The molecule has 0 aliphatic carbocycles. The Morgan fingerprint density at radius 3 is 2.33 bits per heavy atom. The molecule has 0 aliphatic heterocycles. The van der Waals surface area contributed by atoms with Crippen molar-refractivity contribution < 1.29 is 4.74 Å². The van der Waals surface area contributed by atoms with Crippen LogP contribution in [-0.2, 0) is 6.42 Å². The molecular formula is C17H14BrNOS. The van der Waals surface area contributed by atoms with Gasteiger partial charge < -0.3 is 4.74 Å². The van der Waals surface area contributed by atoms with Crippen LogP contribution in [-0.4, -0.2) is 4.98 Å². The van der Waals surface area contributed by atoms with Crippen LogP contribution in [0.25, 0.3) is 11.3 Å². The number of rotatable bonds is 4. The van der Waals surface area contributed by atoms with Gasteiger partial charge in [-0.15, -0.1) is 11.3 Å². The Balaban J connectivity index is 1.84. The van der Waals surface area contributed by atoms with Gasteiger partial charge in [0.05, 0.1) is 5.69 Å². The standard InChI is InChI=1S/C17H14BrNOS/c1-2-15-16(19-17(18)21-15)12-8-10-14(11-9-12)20-13-6-4-3-5-7-13/h3-11H,2H2,1H3. The summed E-state index contributed by atoms with van der Waals surface area (Å²) in [6.45, 7) is 2.15. The molecule has 0 saturated heterocycles. The van der Waals surface area contributed by atoms with Gasteiger partial charge in [-0.3, -0.25) is 0 Å². The van der Waals surface area contributed by atoms with Crippen molar-refractivity contribution in [2.75, 3.05) is 0 Å². The Hall–Kier alpha value is -1.65. The van der Waals surface area contributed by atoms with Crippen LogP contribution in [0.5, 0.6) is 11.5 Å². The second-order valence-electron chi connectivity index (χ2n) is 4.53. The lowest BCUT2D eigenvalue weighted by Crippen LogP contribution is -1.86. The largest absolute Gasteiger partial charge is 0.457 e. The third-order valence-corrected chi connectivity index (χ3v) is 4.75. The maximum atomic E-state index is 5.80. The van der Waals surface area contributed by atoms with Gasteiger partial charge in [-0.2, -0.15) is 0 Å². The molecule has 0 radical (unpaired) electrons. The van der Waals surface area contributed by atoms with E-state index in [0.29, 0.717) is 0 Å². The molecular weight excluding hydrogens is 346 g/mol. The number of ether oxygens (including phenoxy) is 1. The lowest BCUT2D eigenvalue weighted by molar-refractivity contribution is 0.483. The third-order valence-electron chi connectivity index (χ3n) is 3.10. The number of para-hydroxylation sites is 1. The molecule has 0 atom stereocenters. The number of benzene rings is 2. The molecule has 0 amide bonds. The summed E-state index contributed by atoms with van der Waals surface area (Å²) in [4.78, 5) is 5.85. The minimum Gasteiger partial charge on any atom is -0.457 e. The normalized spacial score (nSPS) is 10.6. The molecule has 2 aromatic carbocycles. The van der Waals surface area contributed by atoms with Gasteiger partial charge in [-0.05, 0) is 58.7 Å². The van der Waals surface area contributed by atoms with Gasteiger partial charge in [0.1, 0.15) is 11.5 Å². The van der Waals surface area contributed by atoms with E-state index >= 15 is 0 Å². The maximum absolute atomic E-state index is 5.80. The Kier molecular flexibility index (Phi) is 4.36. The van der Waals surface area contributed by atoms with E-state index < -0.39 is 0 Å². The Labute approximate surface area is 136 Å². The predicted molar refractivity (Wildman–Crippen MR) is 91.1 cm³/mol. The van der Waals surface area contributed by atoms with Crippen molar-refractivity contribution in [1.29, 1.82) is 0 Å². The van der Waals surface area contributed by atoms with Gasteiger partial charge in [0.15, 0.2) is 3.92 Å². The smallest absolute Gasteiger partial charge is 0.160 e. The summed E-state index contributed by atoms with van der Waals surface area (Å²) in [5.74, 6) is 1.67. The van der Waals surface area contributed by atoms with Crippen LogP contribution in [0.4, 0.5) is 0 Å². The van der Waals surface area contributed by atoms with Crippen LogP contribution in [0.3, 0.4) is 0 Å². The number of aryl methyl sites for hydroxylation is 1. The third kappa shape index (κ3) is 3.34. The molecule has 2 nitrogen and oxygen atoms in total. The monoisotopic (exact) mass is 359 g/mol. The Morgan fingerprint density at radius 2 is 1.67 bits per heavy atom. The molecule has 3 rings (SSSR count). The van der Waals surface area contributed by atoms with Crippen LogP contribution in [0.15, 0.2) is 58.5 Å². The zero-order chi connectivity index (χ0) is 14.7. The number of thiazole rings is 1.